The number of benzene rings is 1. The highest BCUT2D eigenvalue weighted by Crippen LogP contribution is 2.26. The summed E-state index contributed by atoms with van der Waals surface area (Å²) in [5.74, 6) is 2.24. The van der Waals surface area contributed by atoms with Gasteiger partial charge < -0.3 is 18.9 Å². The molecule has 0 aliphatic carbocycles. The monoisotopic (exact) mass is 359 g/mol. The van der Waals surface area contributed by atoms with Gasteiger partial charge in [-0.15, -0.1) is 0 Å². The fourth-order valence-electron chi connectivity index (χ4n) is 3.30. The Morgan fingerprint density at radius 1 is 1.15 bits per heavy atom. The minimum absolute atomic E-state index is 0.000129. The molecule has 0 bridgehead atoms. The van der Waals surface area contributed by atoms with E-state index in [0.717, 1.165) is 36.7 Å². The van der Waals surface area contributed by atoms with Gasteiger partial charge >= 0.3 is 0 Å². The zero-order chi connectivity index (χ0) is 18.7. The molecule has 1 aromatic heterocycles. The summed E-state index contributed by atoms with van der Waals surface area (Å²) in [6.45, 7) is 7.29. The van der Waals surface area contributed by atoms with Gasteiger partial charge in [0.1, 0.15) is 22.8 Å². The van der Waals surface area contributed by atoms with Crippen molar-refractivity contribution in [1.82, 2.24) is 15.0 Å². The van der Waals surface area contributed by atoms with Gasteiger partial charge in [0.25, 0.3) is 5.91 Å². The predicted molar refractivity (Wildman–Crippen MR) is 96.7 cm³/mol. The first-order chi connectivity index (χ1) is 12.5. The summed E-state index contributed by atoms with van der Waals surface area (Å²) in [6, 6.07) is 5.81. The molecule has 1 amide bonds. The molecule has 7 heteroatoms. The van der Waals surface area contributed by atoms with Crippen LogP contribution in [0.1, 0.15) is 27.4 Å². The highest BCUT2D eigenvalue weighted by atomic mass is 16.5. The van der Waals surface area contributed by atoms with E-state index in [1.54, 1.807) is 28.1 Å². The molecule has 2 heterocycles. The fourth-order valence-corrected chi connectivity index (χ4v) is 3.30. The van der Waals surface area contributed by atoms with Crippen LogP contribution in [0.3, 0.4) is 0 Å². The second-order valence-electron chi connectivity index (χ2n) is 6.45. The number of hydrogen-bond donors (Lipinski definition) is 0. The van der Waals surface area contributed by atoms with E-state index in [1.165, 1.54) is 0 Å². The number of amides is 1. The molecule has 1 aliphatic heterocycles. The molecule has 0 unspecified atom stereocenters. The average Bonchev–Trinajstić information content (AvgIpc) is 3.00. The molecule has 0 atom stereocenters. The maximum Gasteiger partial charge on any atom is 0.259 e. The quantitative estimate of drug-likeness (QED) is 0.816. The van der Waals surface area contributed by atoms with Crippen molar-refractivity contribution in [1.29, 1.82) is 0 Å². The van der Waals surface area contributed by atoms with E-state index in [4.69, 9.17) is 14.0 Å². The molecule has 1 aromatic carbocycles. The lowest BCUT2D eigenvalue weighted by atomic mass is 10.1. The third-order valence-corrected chi connectivity index (χ3v) is 4.79. The van der Waals surface area contributed by atoms with Crippen LogP contribution in [0.15, 0.2) is 22.7 Å². The number of carbonyl (C=O) groups is 1. The predicted octanol–water partition coefficient (Wildman–Crippen LogP) is 2.27. The van der Waals surface area contributed by atoms with Crippen LogP contribution >= 0.6 is 0 Å². The summed E-state index contributed by atoms with van der Waals surface area (Å²) in [7, 11) is 3.33. The molecule has 1 fully saturated rings. The first kappa shape index (κ1) is 18.3. The summed E-state index contributed by atoms with van der Waals surface area (Å²) < 4.78 is 15.9. The van der Waals surface area contributed by atoms with Crippen molar-refractivity contribution < 1.29 is 18.8 Å². The number of aryl methyl sites for hydroxylation is 2. The number of methoxy groups -OCH3 is 2. The fraction of sp³-hybridized carbons (Fsp3) is 0.474. The van der Waals surface area contributed by atoms with E-state index in [9.17, 15) is 4.79 Å². The second-order valence-corrected chi connectivity index (χ2v) is 6.45. The number of carbonyl (C=O) groups excluding carboxylic acids is 1. The lowest BCUT2D eigenvalue weighted by molar-refractivity contribution is 0.0625. The van der Waals surface area contributed by atoms with Crippen LogP contribution in [0.25, 0.3) is 0 Å². The number of hydrogen-bond acceptors (Lipinski definition) is 6. The van der Waals surface area contributed by atoms with Crippen LogP contribution in [-0.4, -0.2) is 61.3 Å². The number of piperazine rings is 1. The van der Waals surface area contributed by atoms with Crippen molar-refractivity contribution in [3.05, 3.63) is 40.8 Å². The van der Waals surface area contributed by atoms with Gasteiger partial charge in [0.05, 0.1) is 19.9 Å². The van der Waals surface area contributed by atoms with Crippen LogP contribution < -0.4 is 9.47 Å². The molecule has 140 valence electrons. The lowest BCUT2D eigenvalue weighted by Crippen LogP contribution is -2.48. The van der Waals surface area contributed by atoms with Gasteiger partial charge in [-0.05, 0) is 32.0 Å². The molecular formula is C19H25N3O4. The van der Waals surface area contributed by atoms with Crippen molar-refractivity contribution in [2.45, 2.75) is 20.4 Å². The summed E-state index contributed by atoms with van der Waals surface area (Å²) >= 11 is 0. The first-order valence-corrected chi connectivity index (χ1v) is 8.69. The number of ether oxygens (including phenoxy) is 2. The van der Waals surface area contributed by atoms with Gasteiger partial charge in [0.2, 0.25) is 0 Å². The van der Waals surface area contributed by atoms with Crippen LogP contribution in [0.5, 0.6) is 11.5 Å². The standard InChI is InChI=1S/C19H25N3O4/c1-13-18(14(2)26-20-13)19(23)22-9-7-21(8-10-22)12-15-11-16(24-3)5-6-17(15)25-4/h5-6,11H,7-10,12H2,1-4H3. The van der Waals surface area contributed by atoms with Crippen LogP contribution in [0.4, 0.5) is 0 Å². The van der Waals surface area contributed by atoms with Gasteiger partial charge in [-0.3, -0.25) is 9.69 Å². The van der Waals surface area contributed by atoms with Gasteiger partial charge in [-0.2, -0.15) is 0 Å². The first-order valence-electron chi connectivity index (χ1n) is 8.69. The van der Waals surface area contributed by atoms with E-state index < -0.39 is 0 Å². The Morgan fingerprint density at radius 2 is 1.88 bits per heavy atom. The SMILES string of the molecule is COc1ccc(OC)c(CN2CCN(C(=O)c3c(C)noc3C)CC2)c1. The van der Waals surface area contributed by atoms with Crippen LogP contribution in [0, 0.1) is 13.8 Å². The molecular weight excluding hydrogens is 334 g/mol. The largest absolute Gasteiger partial charge is 0.497 e. The normalized spacial score (nSPS) is 15.2. The summed E-state index contributed by atoms with van der Waals surface area (Å²) in [4.78, 5) is 16.9. The topological polar surface area (TPSA) is 68.0 Å². The Morgan fingerprint density at radius 3 is 2.46 bits per heavy atom. The molecule has 0 saturated carbocycles. The third kappa shape index (κ3) is 3.67. The van der Waals surface area contributed by atoms with Gasteiger partial charge in [0.15, 0.2) is 0 Å². The third-order valence-electron chi connectivity index (χ3n) is 4.79. The molecule has 3 rings (SSSR count). The van der Waals surface area contributed by atoms with Gasteiger partial charge in [0, 0.05) is 38.3 Å². The van der Waals surface area contributed by atoms with Crippen molar-refractivity contribution in [2.24, 2.45) is 0 Å². The molecule has 0 radical (unpaired) electrons. The highest BCUT2D eigenvalue weighted by Gasteiger charge is 2.27. The summed E-state index contributed by atoms with van der Waals surface area (Å²) in [5.41, 5.74) is 2.32. The van der Waals surface area contributed by atoms with E-state index in [-0.39, 0.29) is 5.91 Å². The molecule has 26 heavy (non-hydrogen) atoms. The Labute approximate surface area is 153 Å². The van der Waals surface area contributed by atoms with E-state index >= 15 is 0 Å². The Bertz CT molecular complexity index is 760. The van der Waals surface area contributed by atoms with Crippen molar-refractivity contribution in [3.8, 4) is 11.5 Å². The lowest BCUT2D eigenvalue weighted by Gasteiger charge is -2.35. The zero-order valence-electron chi connectivity index (χ0n) is 15.7. The van der Waals surface area contributed by atoms with Gasteiger partial charge in [-0.1, -0.05) is 5.16 Å². The minimum atomic E-state index is -0.000129. The smallest absolute Gasteiger partial charge is 0.259 e. The van der Waals surface area contributed by atoms with E-state index in [1.807, 2.05) is 23.1 Å². The van der Waals surface area contributed by atoms with E-state index in [2.05, 4.69) is 10.1 Å². The second kappa shape index (κ2) is 7.78. The zero-order valence-corrected chi connectivity index (χ0v) is 15.7. The molecule has 1 saturated heterocycles. The van der Waals surface area contributed by atoms with E-state index in [0.29, 0.717) is 30.1 Å². The van der Waals surface area contributed by atoms with Crippen LogP contribution in [-0.2, 0) is 6.54 Å². The maximum absolute atomic E-state index is 12.7. The number of aromatic nitrogens is 1. The number of rotatable bonds is 5. The highest BCUT2D eigenvalue weighted by molar-refractivity contribution is 5.96. The van der Waals surface area contributed by atoms with Crippen molar-refractivity contribution in [3.63, 3.8) is 0 Å². The Kier molecular flexibility index (Phi) is 5.46. The molecule has 7 nitrogen and oxygen atoms in total. The molecule has 2 aromatic rings. The summed E-state index contributed by atoms with van der Waals surface area (Å²) in [5, 5.41) is 3.88. The van der Waals surface area contributed by atoms with Crippen LogP contribution in [0.2, 0.25) is 0 Å². The number of nitrogens with zero attached hydrogens (tertiary/aromatic N) is 3. The molecule has 0 N–H and O–H groups in total. The maximum atomic E-state index is 12.7. The summed E-state index contributed by atoms with van der Waals surface area (Å²) in [6.07, 6.45) is 0. The minimum Gasteiger partial charge on any atom is -0.497 e. The average molecular weight is 359 g/mol. The van der Waals surface area contributed by atoms with Gasteiger partial charge in [-0.25, -0.2) is 0 Å². The van der Waals surface area contributed by atoms with Crippen molar-refractivity contribution in [2.75, 3.05) is 40.4 Å². The molecule has 0 spiro atoms. The Hall–Kier alpha value is -2.54. The molecule has 1 aliphatic rings. The van der Waals surface area contributed by atoms with Crippen molar-refractivity contribution >= 4 is 5.91 Å². The Balaban J connectivity index is 1.63.